The zero-order valence-corrected chi connectivity index (χ0v) is 25.5. The predicted octanol–water partition coefficient (Wildman–Crippen LogP) is 7.56. The second-order valence-electron chi connectivity index (χ2n) is 9.62. The number of carbonyl (C=O) groups is 2. The van der Waals surface area contributed by atoms with Crippen LogP contribution in [0.3, 0.4) is 0 Å². The van der Waals surface area contributed by atoms with Gasteiger partial charge in [-0.3, -0.25) is 4.79 Å². The number of ether oxygens (including phenoxy) is 3. The summed E-state index contributed by atoms with van der Waals surface area (Å²) in [6.45, 7) is 4.24. The van der Waals surface area contributed by atoms with Crippen molar-refractivity contribution in [1.82, 2.24) is 9.99 Å². The van der Waals surface area contributed by atoms with Gasteiger partial charge in [-0.15, -0.1) is 0 Å². The van der Waals surface area contributed by atoms with Crippen LogP contribution in [0.1, 0.15) is 43.6 Å². The summed E-state index contributed by atoms with van der Waals surface area (Å²) in [6.07, 6.45) is 1.30. The molecule has 3 aromatic carbocycles. The van der Waals surface area contributed by atoms with Gasteiger partial charge in [-0.1, -0.05) is 23.2 Å². The van der Waals surface area contributed by atoms with E-state index >= 15 is 0 Å². The lowest BCUT2D eigenvalue weighted by molar-refractivity contribution is 0.0730. The Morgan fingerprint density at radius 1 is 0.886 bits per heavy atom. The first-order valence-corrected chi connectivity index (χ1v) is 14.1. The summed E-state index contributed by atoms with van der Waals surface area (Å²) in [5, 5.41) is 4.70. The van der Waals surface area contributed by atoms with Crippen LogP contribution in [0.25, 0.3) is 5.69 Å². The van der Waals surface area contributed by atoms with Crippen LogP contribution in [-0.4, -0.2) is 29.8 Å². The minimum atomic E-state index is -0.697. The van der Waals surface area contributed by atoms with Crippen LogP contribution >= 0.6 is 23.2 Å². The maximum absolute atomic E-state index is 12.9. The van der Waals surface area contributed by atoms with E-state index in [1.807, 2.05) is 24.3 Å². The number of aryl methyl sites for hydroxylation is 2. The van der Waals surface area contributed by atoms with Crippen LogP contribution in [0, 0.1) is 13.8 Å². The molecule has 0 bridgehead atoms. The van der Waals surface area contributed by atoms with Gasteiger partial charge in [0, 0.05) is 32.7 Å². The van der Waals surface area contributed by atoms with E-state index in [9.17, 15) is 9.59 Å². The summed E-state index contributed by atoms with van der Waals surface area (Å²) < 4.78 is 24.4. The number of aromatic nitrogens is 1. The first-order valence-electron chi connectivity index (χ1n) is 13.4. The molecule has 2 heterocycles. The Bertz CT molecular complexity index is 1820. The maximum Gasteiger partial charge on any atom is 0.347 e. The molecule has 1 N–H and O–H groups in total. The van der Waals surface area contributed by atoms with Gasteiger partial charge < -0.3 is 23.2 Å². The lowest BCUT2D eigenvalue weighted by atomic mass is 10.2. The number of hydrazone groups is 1. The summed E-state index contributed by atoms with van der Waals surface area (Å²) in [4.78, 5) is 25.5. The van der Waals surface area contributed by atoms with Gasteiger partial charge in [0.2, 0.25) is 0 Å². The topological polar surface area (TPSA) is 104 Å². The van der Waals surface area contributed by atoms with Crippen molar-refractivity contribution in [1.29, 1.82) is 0 Å². The Hall–Kier alpha value is -4.99. The first kappa shape index (κ1) is 30.5. The summed E-state index contributed by atoms with van der Waals surface area (Å²) in [7, 11) is 1.43. The van der Waals surface area contributed by atoms with Crippen molar-refractivity contribution >= 4 is 41.3 Å². The van der Waals surface area contributed by atoms with E-state index < -0.39 is 11.9 Å². The molecule has 11 heteroatoms. The summed E-state index contributed by atoms with van der Waals surface area (Å²) in [6, 6.07) is 24.2. The second-order valence-corrected chi connectivity index (χ2v) is 10.5. The normalized spacial score (nSPS) is 11.0. The van der Waals surface area contributed by atoms with E-state index in [0.717, 1.165) is 17.1 Å². The van der Waals surface area contributed by atoms with E-state index in [2.05, 4.69) is 41.1 Å². The smallest absolute Gasteiger partial charge is 0.347 e. The molecular weight excluding hydrogens is 605 g/mol. The van der Waals surface area contributed by atoms with Crippen molar-refractivity contribution in [2.24, 2.45) is 5.10 Å². The van der Waals surface area contributed by atoms with Crippen molar-refractivity contribution in [3.8, 4) is 22.9 Å². The van der Waals surface area contributed by atoms with Gasteiger partial charge in [-0.2, -0.15) is 5.10 Å². The zero-order chi connectivity index (χ0) is 31.2. The second kappa shape index (κ2) is 13.5. The highest BCUT2D eigenvalue weighted by atomic mass is 35.5. The quantitative estimate of drug-likeness (QED) is 0.0738. The SMILES string of the molecule is COc1ccc(Cl)cc1C(=O)Oc1ccc(Cl)cc1/C=N/NC(=O)c1ccc(COc2ccc(-n3c(C)ccc3C)cc2)o1. The van der Waals surface area contributed by atoms with Gasteiger partial charge in [0.25, 0.3) is 0 Å². The number of rotatable bonds is 10. The number of hydrogen-bond acceptors (Lipinski definition) is 7. The van der Waals surface area contributed by atoms with Gasteiger partial charge in [-0.05, 0) is 98.8 Å². The van der Waals surface area contributed by atoms with Gasteiger partial charge in [-0.25, -0.2) is 10.2 Å². The fourth-order valence-electron chi connectivity index (χ4n) is 4.42. The van der Waals surface area contributed by atoms with E-state index in [-0.39, 0.29) is 23.7 Å². The van der Waals surface area contributed by atoms with Crippen LogP contribution < -0.4 is 19.6 Å². The molecule has 5 rings (SSSR count). The summed E-state index contributed by atoms with van der Waals surface area (Å²) in [5.74, 6) is 0.339. The Labute approximate surface area is 263 Å². The van der Waals surface area contributed by atoms with E-state index in [4.69, 9.17) is 41.8 Å². The number of amides is 1. The standard InChI is InChI=1S/C33H27Cl2N3O6/c1-20-4-5-21(2)38(20)25-8-10-26(11-9-25)42-19-27-12-15-31(43-27)32(39)37-36-18-22-16-23(34)6-13-29(22)44-33(40)28-17-24(35)7-14-30(28)41-3/h4-18H,19H2,1-3H3,(H,37,39)/b36-18+. The molecule has 0 radical (unpaired) electrons. The fraction of sp³-hybridized carbons (Fsp3) is 0.121. The number of benzene rings is 3. The number of nitrogens with zero attached hydrogens (tertiary/aromatic N) is 2. The predicted molar refractivity (Wildman–Crippen MR) is 168 cm³/mol. The number of methoxy groups -OCH3 is 1. The van der Waals surface area contributed by atoms with Crippen molar-refractivity contribution in [3.63, 3.8) is 0 Å². The first-order chi connectivity index (χ1) is 21.2. The highest BCUT2D eigenvalue weighted by Gasteiger charge is 2.17. The van der Waals surface area contributed by atoms with Crippen LogP contribution in [0.5, 0.6) is 17.2 Å². The molecule has 0 saturated heterocycles. The molecule has 0 fully saturated rings. The third-order valence-electron chi connectivity index (χ3n) is 6.56. The fourth-order valence-corrected chi connectivity index (χ4v) is 4.78. The molecule has 224 valence electrons. The molecule has 0 spiro atoms. The third kappa shape index (κ3) is 7.14. The molecule has 0 aliphatic rings. The lowest BCUT2D eigenvalue weighted by Gasteiger charge is -2.11. The number of furan rings is 1. The van der Waals surface area contributed by atoms with Crippen LogP contribution in [-0.2, 0) is 6.61 Å². The molecule has 5 aromatic rings. The molecule has 0 unspecified atom stereocenters. The summed E-state index contributed by atoms with van der Waals surface area (Å²) in [5.41, 5.74) is 6.21. The number of hydrogen-bond donors (Lipinski definition) is 1. The molecule has 44 heavy (non-hydrogen) atoms. The maximum atomic E-state index is 12.9. The average Bonchev–Trinajstić information content (AvgIpc) is 3.63. The molecular formula is C33H27Cl2N3O6. The van der Waals surface area contributed by atoms with Crippen molar-refractivity contribution in [2.45, 2.75) is 20.5 Å². The molecule has 0 aliphatic carbocycles. The molecule has 0 saturated carbocycles. The molecule has 9 nitrogen and oxygen atoms in total. The highest BCUT2D eigenvalue weighted by Crippen LogP contribution is 2.27. The highest BCUT2D eigenvalue weighted by molar-refractivity contribution is 6.31. The van der Waals surface area contributed by atoms with Gasteiger partial charge in [0.15, 0.2) is 5.76 Å². The van der Waals surface area contributed by atoms with Gasteiger partial charge >= 0.3 is 11.9 Å². The molecule has 0 atom stereocenters. The monoisotopic (exact) mass is 631 g/mol. The Kier molecular flexibility index (Phi) is 9.38. The Balaban J connectivity index is 1.19. The molecule has 0 aliphatic heterocycles. The minimum absolute atomic E-state index is 0.0421. The van der Waals surface area contributed by atoms with Crippen molar-refractivity contribution in [2.75, 3.05) is 7.11 Å². The minimum Gasteiger partial charge on any atom is -0.496 e. The van der Waals surface area contributed by atoms with Crippen LogP contribution in [0.2, 0.25) is 10.0 Å². The summed E-state index contributed by atoms with van der Waals surface area (Å²) >= 11 is 12.2. The average molecular weight is 633 g/mol. The lowest BCUT2D eigenvalue weighted by Crippen LogP contribution is -2.17. The Morgan fingerprint density at radius 3 is 2.27 bits per heavy atom. The van der Waals surface area contributed by atoms with E-state index in [1.165, 1.54) is 37.6 Å². The van der Waals surface area contributed by atoms with Crippen LogP contribution in [0.4, 0.5) is 0 Å². The van der Waals surface area contributed by atoms with E-state index in [0.29, 0.717) is 32.9 Å². The molecule has 2 aromatic heterocycles. The van der Waals surface area contributed by atoms with E-state index in [1.54, 1.807) is 24.3 Å². The largest absolute Gasteiger partial charge is 0.496 e. The van der Waals surface area contributed by atoms with Gasteiger partial charge in [0.05, 0.1) is 13.3 Å². The number of halogens is 2. The number of carbonyl (C=O) groups excluding carboxylic acids is 2. The van der Waals surface area contributed by atoms with Gasteiger partial charge in [0.1, 0.15) is 35.2 Å². The van der Waals surface area contributed by atoms with Crippen molar-refractivity contribution in [3.05, 3.63) is 129 Å². The number of esters is 1. The van der Waals surface area contributed by atoms with Crippen molar-refractivity contribution < 1.29 is 28.2 Å². The third-order valence-corrected chi connectivity index (χ3v) is 7.03. The molecule has 1 amide bonds. The zero-order valence-electron chi connectivity index (χ0n) is 24.0. The number of nitrogens with one attached hydrogen (secondary N) is 1. The van der Waals surface area contributed by atoms with Crippen LogP contribution in [0.15, 0.2) is 94.4 Å². The Morgan fingerprint density at radius 2 is 1.57 bits per heavy atom.